The number of rotatable bonds is 5. The van der Waals surface area contributed by atoms with Gasteiger partial charge in [-0.05, 0) is 62.1 Å². The molecule has 0 amide bonds. The molecule has 1 aliphatic carbocycles. The van der Waals surface area contributed by atoms with E-state index in [9.17, 15) is 19.8 Å². The number of hydrogen-bond acceptors (Lipinski definition) is 6. The summed E-state index contributed by atoms with van der Waals surface area (Å²) < 4.78 is 5.13. The SMILES string of the molecule is C=CC1=C(C)c2cc3nc(c4c5[nH]c(cc6[nH]c(cc1n2)[C@H](C)/C6=C/C)c(C)c5C(O)=C4C(=O)OC)[C@@H](CCC(=O)O)[C@@H]3C. The van der Waals surface area contributed by atoms with Crippen molar-refractivity contribution < 1.29 is 24.5 Å². The zero-order valence-electron chi connectivity index (χ0n) is 25.8. The lowest BCUT2D eigenvalue weighted by atomic mass is 9.85. The molecule has 8 bridgehead atoms. The van der Waals surface area contributed by atoms with Crippen LogP contribution in [0.5, 0.6) is 0 Å². The Kier molecular flexibility index (Phi) is 7.07. The first-order valence-electron chi connectivity index (χ1n) is 14.8. The normalized spacial score (nSPS) is 20.8. The van der Waals surface area contributed by atoms with E-state index in [1.807, 2.05) is 45.9 Å². The summed E-state index contributed by atoms with van der Waals surface area (Å²) in [5, 5.41) is 21.2. The van der Waals surface area contributed by atoms with E-state index in [1.54, 1.807) is 0 Å². The molecule has 0 radical (unpaired) electrons. The largest absolute Gasteiger partial charge is 0.506 e. The van der Waals surface area contributed by atoms with Gasteiger partial charge in [-0.25, -0.2) is 9.78 Å². The van der Waals surface area contributed by atoms with Gasteiger partial charge in [0, 0.05) is 63.5 Å². The van der Waals surface area contributed by atoms with Crippen LogP contribution in [0.2, 0.25) is 0 Å². The van der Waals surface area contributed by atoms with Crippen molar-refractivity contribution >= 4 is 51.0 Å². The number of methoxy groups -OCH3 is 1. The van der Waals surface area contributed by atoms with Crippen molar-refractivity contribution in [1.29, 1.82) is 0 Å². The van der Waals surface area contributed by atoms with Gasteiger partial charge in [0.15, 0.2) is 0 Å². The highest BCUT2D eigenvalue weighted by Gasteiger charge is 2.39. The van der Waals surface area contributed by atoms with Gasteiger partial charge in [0.1, 0.15) is 11.3 Å². The number of aryl methyl sites for hydroxylation is 1. The highest BCUT2D eigenvalue weighted by molar-refractivity contribution is 6.30. The van der Waals surface area contributed by atoms with Crippen molar-refractivity contribution in [3.8, 4) is 0 Å². The highest BCUT2D eigenvalue weighted by Crippen LogP contribution is 2.49. The van der Waals surface area contributed by atoms with Crippen LogP contribution >= 0.6 is 0 Å². The number of aromatic nitrogens is 4. The Morgan fingerprint density at radius 2 is 1.84 bits per heavy atom. The van der Waals surface area contributed by atoms with Crippen LogP contribution in [0.15, 0.2) is 36.9 Å². The number of allylic oxidation sites excluding steroid dienone is 5. The minimum absolute atomic E-state index is 0.0236. The molecule has 9 heteroatoms. The van der Waals surface area contributed by atoms with Crippen molar-refractivity contribution in [3.63, 3.8) is 0 Å². The molecule has 0 unspecified atom stereocenters. The summed E-state index contributed by atoms with van der Waals surface area (Å²) in [6.07, 6.45) is 4.13. The average molecular weight is 593 g/mol. The van der Waals surface area contributed by atoms with Crippen molar-refractivity contribution in [1.82, 2.24) is 19.9 Å². The van der Waals surface area contributed by atoms with Crippen LogP contribution in [0.4, 0.5) is 0 Å². The monoisotopic (exact) mass is 592 g/mol. The first kappa shape index (κ1) is 29.2. The summed E-state index contributed by atoms with van der Waals surface area (Å²) in [6, 6.07) is 6.03. The molecule has 0 saturated heterocycles. The predicted octanol–water partition coefficient (Wildman–Crippen LogP) is 7.33. The number of aliphatic hydroxyl groups excluding tert-OH is 1. The van der Waals surface area contributed by atoms with Crippen LogP contribution in [-0.4, -0.2) is 49.2 Å². The molecule has 2 aromatic rings. The lowest BCUT2D eigenvalue weighted by Gasteiger charge is -2.17. The van der Waals surface area contributed by atoms with E-state index in [1.165, 1.54) is 7.11 Å². The van der Waals surface area contributed by atoms with Crippen LogP contribution in [-0.2, 0) is 14.3 Å². The summed E-state index contributed by atoms with van der Waals surface area (Å²) in [5.74, 6) is -2.23. The highest BCUT2D eigenvalue weighted by atomic mass is 16.5. The number of fused-ring (bicyclic) bond motifs is 8. The van der Waals surface area contributed by atoms with E-state index < -0.39 is 11.9 Å². The topological polar surface area (TPSA) is 141 Å². The Balaban J connectivity index is 1.81. The molecule has 3 atom stereocenters. The number of aliphatic carboxylic acids is 1. The van der Waals surface area contributed by atoms with Gasteiger partial charge in [-0.2, -0.15) is 0 Å². The second kappa shape index (κ2) is 10.7. The summed E-state index contributed by atoms with van der Waals surface area (Å²) >= 11 is 0. The number of aliphatic hydroxyl groups is 1. The number of esters is 1. The first-order chi connectivity index (χ1) is 21.0. The predicted molar refractivity (Wildman–Crippen MR) is 171 cm³/mol. The number of ether oxygens (including phenoxy) is 1. The smallest absolute Gasteiger partial charge is 0.342 e. The van der Waals surface area contributed by atoms with Crippen LogP contribution in [0.3, 0.4) is 0 Å². The molecule has 0 fully saturated rings. The lowest BCUT2D eigenvalue weighted by Crippen LogP contribution is -2.10. The number of nitrogens with zero attached hydrogens (tertiary/aromatic N) is 2. The van der Waals surface area contributed by atoms with Gasteiger partial charge in [-0.1, -0.05) is 32.6 Å². The zero-order valence-corrected chi connectivity index (χ0v) is 25.8. The van der Waals surface area contributed by atoms with Gasteiger partial charge >= 0.3 is 11.9 Å². The quantitative estimate of drug-likeness (QED) is 0.266. The Labute approximate surface area is 255 Å². The number of H-pyrrole nitrogens is 2. The van der Waals surface area contributed by atoms with Gasteiger partial charge in [0.25, 0.3) is 0 Å². The summed E-state index contributed by atoms with van der Waals surface area (Å²) in [7, 11) is 1.27. The molecule has 0 aromatic carbocycles. The fraction of sp³-hybridized carbons (Fsp3) is 0.314. The van der Waals surface area contributed by atoms with Crippen LogP contribution in [0, 0.1) is 6.92 Å². The van der Waals surface area contributed by atoms with Gasteiger partial charge in [-0.15, -0.1) is 0 Å². The molecule has 9 nitrogen and oxygen atoms in total. The maximum atomic E-state index is 13.2. The fourth-order valence-electron chi connectivity index (χ4n) is 6.97. The maximum Gasteiger partial charge on any atom is 0.342 e. The number of hydrogen-bond donors (Lipinski definition) is 4. The van der Waals surface area contributed by atoms with Crippen LogP contribution < -0.4 is 0 Å². The number of carboxylic acids is 1. The molecule has 4 aliphatic rings. The van der Waals surface area contributed by atoms with Crippen molar-refractivity contribution in [2.24, 2.45) is 0 Å². The van der Waals surface area contributed by atoms with Crippen molar-refractivity contribution in [3.05, 3.63) is 87.8 Å². The second-order valence-electron chi connectivity index (χ2n) is 11.8. The number of carboxylic acid groups (broad SMARTS) is 1. The standard InChI is InChI=1S/C35H36N4O5/c1-8-19-15(3)22-12-24-17(5)21(10-11-28(40)41)32(38-24)30-31(35(43)44-7)34(42)29-18(6)25(39-33(29)30)14-27-20(9-2)16(4)23(37-27)13-26(19)36-22/h8-9,12-14,16-17,21,37,39,42H,1,10-11H2,2-7H3,(H,40,41)/b20-9-,22-12?,23-13?,27-14?,32-30?/t16-,17+,21+/m1/s1. The maximum absolute atomic E-state index is 13.2. The lowest BCUT2D eigenvalue weighted by molar-refractivity contribution is -0.137. The minimum atomic E-state index is -0.917. The van der Waals surface area contributed by atoms with Gasteiger partial charge in [0.2, 0.25) is 0 Å². The minimum Gasteiger partial charge on any atom is -0.506 e. The molecule has 44 heavy (non-hydrogen) atoms. The molecule has 5 heterocycles. The van der Waals surface area contributed by atoms with E-state index in [0.717, 1.165) is 56.3 Å². The number of carbonyl (C=O) groups is 2. The molecule has 0 saturated carbocycles. The molecular weight excluding hydrogens is 556 g/mol. The third kappa shape index (κ3) is 4.29. The fourth-order valence-corrected chi connectivity index (χ4v) is 6.97. The summed E-state index contributed by atoms with van der Waals surface area (Å²) in [4.78, 5) is 42.1. The summed E-state index contributed by atoms with van der Waals surface area (Å²) in [5.41, 5.74) is 10.8. The first-order valence-corrected chi connectivity index (χ1v) is 14.8. The third-order valence-electron chi connectivity index (χ3n) is 9.46. The van der Waals surface area contributed by atoms with Crippen molar-refractivity contribution in [2.75, 3.05) is 7.11 Å². The van der Waals surface area contributed by atoms with Gasteiger partial charge < -0.3 is 24.9 Å². The molecule has 3 aliphatic heterocycles. The molecule has 2 aromatic heterocycles. The molecule has 226 valence electrons. The van der Waals surface area contributed by atoms with E-state index in [0.29, 0.717) is 28.8 Å². The molecule has 6 rings (SSSR count). The third-order valence-corrected chi connectivity index (χ3v) is 9.46. The number of carbonyl (C=O) groups excluding carboxylic acids is 1. The number of nitrogens with one attached hydrogen (secondary N) is 2. The van der Waals surface area contributed by atoms with E-state index >= 15 is 0 Å². The average Bonchev–Trinajstić information content (AvgIpc) is 3.72. The summed E-state index contributed by atoms with van der Waals surface area (Å²) in [6.45, 7) is 14.1. The Hall–Kier alpha value is -4.92. The van der Waals surface area contributed by atoms with Gasteiger partial charge in [0.05, 0.1) is 29.7 Å². The molecule has 0 spiro atoms. The Morgan fingerprint density at radius 1 is 1.09 bits per heavy atom. The second-order valence-corrected chi connectivity index (χ2v) is 11.8. The van der Waals surface area contributed by atoms with E-state index in [4.69, 9.17) is 14.7 Å². The van der Waals surface area contributed by atoms with Crippen LogP contribution in [0.25, 0.3) is 39.1 Å². The van der Waals surface area contributed by atoms with Crippen LogP contribution in [0.1, 0.15) is 109 Å². The van der Waals surface area contributed by atoms with Crippen molar-refractivity contribution in [2.45, 2.75) is 65.2 Å². The van der Waals surface area contributed by atoms with E-state index in [2.05, 4.69) is 35.6 Å². The zero-order chi connectivity index (χ0) is 31.6. The molecular formula is C35H36N4O5. The molecule has 4 N–H and O–H groups in total. The van der Waals surface area contributed by atoms with Gasteiger partial charge in [-0.3, -0.25) is 9.78 Å². The number of aromatic amines is 2. The Bertz CT molecular complexity index is 1950. The van der Waals surface area contributed by atoms with E-state index in [-0.39, 0.29) is 35.5 Å². The Morgan fingerprint density at radius 3 is 2.50 bits per heavy atom.